The van der Waals surface area contributed by atoms with E-state index in [2.05, 4.69) is 0 Å². The van der Waals surface area contributed by atoms with Crippen molar-refractivity contribution >= 4 is 28.4 Å². The third-order valence-electron chi connectivity index (χ3n) is 2.82. The van der Waals surface area contributed by atoms with E-state index in [4.69, 9.17) is 16.2 Å². The fourth-order valence-electron chi connectivity index (χ4n) is 1.82. The Kier molecular flexibility index (Phi) is 2.89. The first-order valence-corrected chi connectivity index (χ1v) is 5.34. The molecule has 0 aliphatic heterocycles. The van der Waals surface area contributed by atoms with Gasteiger partial charge < -0.3 is 10.8 Å². The molecule has 0 fully saturated rings. The van der Waals surface area contributed by atoms with Gasteiger partial charge in [-0.1, -0.05) is 24.3 Å². The largest absolute Gasteiger partial charge is 0.465 e. The highest BCUT2D eigenvalue weighted by Crippen LogP contribution is 2.27. The number of carboxylic acid groups (broad SMARTS) is 1. The topological polar surface area (TPSA) is 90.4 Å². The van der Waals surface area contributed by atoms with E-state index < -0.39 is 6.09 Å². The maximum Gasteiger partial charge on any atom is 0.411 e. The van der Waals surface area contributed by atoms with Crippen LogP contribution in [0.25, 0.3) is 10.8 Å². The summed E-state index contributed by atoms with van der Waals surface area (Å²) in [7, 11) is 1.48. The molecular formula is C13H13N3O2. The molecule has 0 atom stereocenters. The fourth-order valence-corrected chi connectivity index (χ4v) is 1.82. The third-order valence-corrected chi connectivity index (χ3v) is 2.82. The molecule has 0 saturated carbocycles. The van der Waals surface area contributed by atoms with Gasteiger partial charge in [-0.25, -0.2) is 4.79 Å². The molecule has 0 bridgehead atoms. The van der Waals surface area contributed by atoms with Crippen LogP contribution in [-0.4, -0.2) is 24.1 Å². The maximum absolute atomic E-state index is 11.0. The fraction of sp³-hybridized carbons (Fsp3) is 0.0769. The Bertz CT molecular complexity index is 637. The molecule has 0 saturated heterocycles. The Labute approximate surface area is 104 Å². The molecule has 0 aliphatic carbocycles. The van der Waals surface area contributed by atoms with E-state index in [1.807, 2.05) is 12.1 Å². The van der Waals surface area contributed by atoms with Crippen molar-refractivity contribution in [2.24, 2.45) is 5.73 Å². The first-order chi connectivity index (χ1) is 8.50. The van der Waals surface area contributed by atoms with Crippen LogP contribution in [0.1, 0.15) is 5.56 Å². The van der Waals surface area contributed by atoms with E-state index in [0.29, 0.717) is 11.3 Å². The zero-order chi connectivity index (χ0) is 13.3. The average Bonchev–Trinajstić information content (AvgIpc) is 2.36. The normalized spacial score (nSPS) is 10.3. The number of hydrogen-bond acceptors (Lipinski definition) is 2. The molecule has 0 spiro atoms. The van der Waals surface area contributed by atoms with Gasteiger partial charge in [-0.15, -0.1) is 0 Å². The van der Waals surface area contributed by atoms with Crippen molar-refractivity contribution in [1.29, 1.82) is 5.41 Å². The molecule has 2 aromatic rings. The van der Waals surface area contributed by atoms with Gasteiger partial charge in [0.1, 0.15) is 5.84 Å². The number of nitrogens with zero attached hydrogens (tertiary/aromatic N) is 1. The first kappa shape index (κ1) is 11.9. The van der Waals surface area contributed by atoms with Crippen molar-refractivity contribution in [3.8, 4) is 0 Å². The highest BCUT2D eigenvalue weighted by atomic mass is 16.4. The molecule has 5 nitrogen and oxygen atoms in total. The number of nitrogen functional groups attached to an aromatic ring is 1. The second kappa shape index (κ2) is 4.37. The quantitative estimate of drug-likeness (QED) is 0.558. The molecule has 0 unspecified atom stereocenters. The summed E-state index contributed by atoms with van der Waals surface area (Å²) >= 11 is 0. The van der Waals surface area contributed by atoms with Gasteiger partial charge in [-0.3, -0.25) is 10.3 Å². The van der Waals surface area contributed by atoms with Gasteiger partial charge in [0.05, 0.1) is 5.69 Å². The van der Waals surface area contributed by atoms with E-state index >= 15 is 0 Å². The van der Waals surface area contributed by atoms with Gasteiger partial charge in [-0.05, 0) is 17.5 Å². The summed E-state index contributed by atoms with van der Waals surface area (Å²) in [6.45, 7) is 0. The number of hydrogen-bond donors (Lipinski definition) is 3. The van der Waals surface area contributed by atoms with Crippen molar-refractivity contribution in [3.05, 3.63) is 42.0 Å². The second-order valence-electron chi connectivity index (χ2n) is 3.97. The molecule has 0 heterocycles. The molecule has 4 N–H and O–H groups in total. The molecule has 0 radical (unpaired) electrons. The van der Waals surface area contributed by atoms with Crippen molar-refractivity contribution in [3.63, 3.8) is 0 Å². The van der Waals surface area contributed by atoms with Crippen molar-refractivity contribution in [1.82, 2.24) is 0 Å². The van der Waals surface area contributed by atoms with Gasteiger partial charge in [0, 0.05) is 18.0 Å². The predicted octanol–water partition coefficient (Wildman–Crippen LogP) is 2.24. The third kappa shape index (κ3) is 1.98. The molecule has 0 aromatic heterocycles. The smallest absolute Gasteiger partial charge is 0.411 e. The Balaban J connectivity index is 2.69. The van der Waals surface area contributed by atoms with Crippen molar-refractivity contribution in [2.45, 2.75) is 0 Å². The summed E-state index contributed by atoms with van der Waals surface area (Å²) in [5.41, 5.74) is 6.59. The monoisotopic (exact) mass is 243 g/mol. The first-order valence-electron chi connectivity index (χ1n) is 5.34. The number of fused-ring (bicyclic) bond motifs is 1. The highest BCUT2D eigenvalue weighted by Gasteiger charge is 2.12. The molecule has 5 heteroatoms. The summed E-state index contributed by atoms with van der Waals surface area (Å²) in [4.78, 5) is 12.2. The lowest BCUT2D eigenvalue weighted by Crippen LogP contribution is -2.24. The Hall–Kier alpha value is -2.56. The summed E-state index contributed by atoms with van der Waals surface area (Å²) in [6, 6.07) is 10.7. The lowest BCUT2D eigenvalue weighted by Gasteiger charge is -2.16. The minimum atomic E-state index is -1.03. The average molecular weight is 243 g/mol. The number of rotatable bonds is 2. The van der Waals surface area contributed by atoms with Crippen LogP contribution in [0.2, 0.25) is 0 Å². The molecule has 1 amide bonds. The molecule has 92 valence electrons. The summed E-state index contributed by atoms with van der Waals surface area (Å²) < 4.78 is 0. The van der Waals surface area contributed by atoms with E-state index in [0.717, 1.165) is 15.7 Å². The van der Waals surface area contributed by atoms with Gasteiger partial charge >= 0.3 is 6.09 Å². The van der Waals surface area contributed by atoms with Crippen LogP contribution in [0, 0.1) is 5.41 Å². The minimum absolute atomic E-state index is 0.0373. The molecular weight excluding hydrogens is 230 g/mol. The van der Waals surface area contributed by atoms with E-state index in [-0.39, 0.29) is 5.84 Å². The van der Waals surface area contributed by atoms with Crippen LogP contribution >= 0.6 is 0 Å². The van der Waals surface area contributed by atoms with E-state index in [1.165, 1.54) is 7.05 Å². The van der Waals surface area contributed by atoms with E-state index in [9.17, 15) is 4.79 Å². The van der Waals surface area contributed by atoms with Crippen LogP contribution in [0.15, 0.2) is 36.4 Å². The van der Waals surface area contributed by atoms with Crippen LogP contribution in [0.4, 0.5) is 10.5 Å². The maximum atomic E-state index is 11.0. The van der Waals surface area contributed by atoms with Gasteiger partial charge in [0.2, 0.25) is 0 Å². The Morgan fingerprint density at radius 1 is 1.33 bits per heavy atom. The standard InChI is InChI=1S/C13H13N3O2/c1-16(13(17)18)11-4-2-3-8-5-6-9(12(14)15)7-10(8)11/h2-7H,1H3,(H3,14,15)(H,17,18). The van der Waals surface area contributed by atoms with Crippen LogP contribution < -0.4 is 10.6 Å². The number of anilines is 1. The van der Waals surface area contributed by atoms with Crippen LogP contribution in [0.3, 0.4) is 0 Å². The van der Waals surface area contributed by atoms with Gasteiger partial charge in [-0.2, -0.15) is 0 Å². The summed E-state index contributed by atoms with van der Waals surface area (Å²) in [5.74, 6) is -0.0373. The number of nitrogens with one attached hydrogen (secondary N) is 1. The Morgan fingerprint density at radius 3 is 2.67 bits per heavy atom. The zero-order valence-corrected chi connectivity index (χ0v) is 9.84. The van der Waals surface area contributed by atoms with Gasteiger partial charge in [0.15, 0.2) is 0 Å². The minimum Gasteiger partial charge on any atom is -0.465 e. The van der Waals surface area contributed by atoms with Crippen molar-refractivity contribution < 1.29 is 9.90 Å². The Morgan fingerprint density at radius 2 is 2.06 bits per heavy atom. The lowest BCUT2D eigenvalue weighted by atomic mass is 10.0. The number of amides is 1. The number of amidine groups is 1. The zero-order valence-electron chi connectivity index (χ0n) is 9.84. The SMILES string of the molecule is CN(C(=O)O)c1cccc2ccc(C(=N)N)cc12. The molecule has 18 heavy (non-hydrogen) atoms. The summed E-state index contributed by atoms with van der Waals surface area (Å²) in [5, 5.41) is 18.1. The van der Waals surface area contributed by atoms with Crippen molar-refractivity contribution in [2.75, 3.05) is 11.9 Å². The second-order valence-corrected chi connectivity index (χ2v) is 3.97. The van der Waals surface area contributed by atoms with E-state index in [1.54, 1.807) is 24.3 Å². The molecule has 2 aromatic carbocycles. The highest BCUT2D eigenvalue weighted by molar-refractivity contribution is 6.05. The molecule has 0 aliphatic rings. The lowest BCUT2D eigenvalue weighted by molar-refractivity contribution is 0.203. The summed E-state index contributed by atoms with van der Waals surface area (Å²) in [6.07, 6.45) is -1.03. The number of carbonyl (C=O) groups is 1. The van der Waals surface area contributed by atoms with Gasteiger partial charge in [0.25, 0.3) is 0 Å². The molecule has 2 rings (SSSR count). The van der Waals surface area contributed by atoms with Crippen LogP contribution in [0.5, 0.6) is 0 Å². The predicted molar refractivity (Wildman–Crippen MR) is 71.4 cm³/mol. The number of benzene rings is 2. The van der Waals surface area contributed by atoms with Crippen LogP contribution in [-0.2, 0) is 0 Å². The number of nitrogens with two attached hydrogens (primary N) is 1.